The van der Waals surface area contributed by atoms with Gasteiger partial charge < -0.3 is 15.0 Å². The van der Waals surface area contributed by atoms with Gasteiger partial charge in [0.1, 0.15) is 18.2 Å². The lowest BCUT2D eigenvalue weighted by Crippen LogP contribution is -2.35. The Balaban J connectivity index is 1.46. The van der Waals surface area contributed by atoms with E-state index < -0.39 is 17.7 Å². The van der Waals surface area contributed by atoms with E-state index in [-0.39, 0.29) is 30.0 Å². The highest BCUT2D eigenvalue weighted by Gasteiger charge is 2.31. The minimum atomic E-state index is -4.58. The van der Waals surface area contributed by atoms with E-state index in [1.807, 2.05) is 19.1 Å². The van der Waals surface area contributed by atoms with E-state index in [0.29, 0.717) is 29.3 Å². The number of ether oxygens (including phenoxy) is 1. The molecule has 10 heteroatoms. The zero-order chi connectivity index (χ0) is 28.4. The van der Waals surface area contributed by atoms with E-state index in [2.05, 4.69) is 34.3 Å². The van der Waals surface area contributed by atoms with Crippen molar-refractivity contribution < 1.29 is 27.1 Å². The molecule has 0 saturated carbocycles. The van der Waals surface area contributed by atoms with Crippen LogP contribution in [0, 0.1) is 12.7 Å². The average Bonchev–Trinajstić information content (AvgIpc) is 2.94. The second-order valence-electron chi connectivity index (χ2n) is 9.55. The summed E-state index contributed by atoms with van der Waals surface area (Å²) in [7, 11) is 0. The van der Waals surface area contributed by atoms with Crippen LogP contribution >= 0.6 is 0 Å². The molecule has 0 saturated heterocycles. The van der Waals surface area contributed by atoms with E-state index in [4.69, 9.17) is 9.72 Å². The standard InChI is InChI=1S/C30H26F4N4O2/c1-18-26(17-40-28(39)21-7-5-8-22(16-21)30(32,33)34)36-29(35-24-12-10-23(31)11-13-24)37-27(18)38-15-14-20-6-3-4-9-25(20)19(38)2/h3-13,16,19H,14-15,17H2,1-2H3,(H,35,36,37). The summed E-state index contributed by atoms with van der Waals surface area (Å²) in [6.07, 6.45) is -3.77. The van der Waals surface area contributed by atoms with Crippen LogP contribution in [0.1, 0.15) is 51.3 Å². The summed E-state index contributed by atoms with van der Waals surface area (Å²) in [5, 5.41) is 3.07. The van der Waals surface area contributed by atoms with Crippen molar-refractivity contribution in [3.05, 3.63) is 112 Å². The van der Waals surface area contributed by atoms with Crippen molar-refractivity contribution in [2.75, 3.05) is 16.8 Å². The first kappa shape index (κ1) is 27.1. The molecule has 0 radical (unpaired) electrons. The normalized spacial score (nSPS) is 14.9. The molecule has 0 fully saturated rings. The number of rotatable bonds is 6. The van der Waals surface area contributed by atoms with Gasteiger partial charge in [-0.05, 0) is 73.9 Å². The van der Waals surface area contributed by atoms with Crippen LogP contribution in [0.2, 0.25) is 0 Å². The fraction of sp³-hybridized carbons (Fsp3) is 0.233. The molecule has 3 aromatic carbocycles. The molecule has 0 aliphatic carbocycles. The molecular formula is C30H26F4N4O2. The number of benzene rings is 3. The maximum atomic E-state index is 13.4. The van der Waals surface area contributed by atoms with E-state index in [1.165, 1.54) is 29.3 Å². The molecule has 206 valence electrons. The van der Waals surface area contributed by atoms with Gasteiger partial charge in [-0.3, -0.25) is 0 Å². The molecular weight excluding hydrogens is 524 g/mol. The highest BCUT2D eigenvalue weighted by atomic mass is 19.4. The summed E-state index contributed by atoms with van der Waals surface area (Å²) in [4.78, 5) is 24.1. The predicted molar refractivity (Wildman–Crippen MR) is 143 cm³/mol. The Kier molecular flexibility index (Phi) is 7.42. The molecule has 0 amide bonds. The molecule has 4 aromatic rings. The molecule has 1 aliphatic heterocycles. The second-order valence-corrected chi connectivity index (χ2v) is 9.55. The fourth-order valence-corrected chi connectivity index (χ4v) is 4.79. The monoisotopic (exact) mass is 550 g/mol. The van der Waals surface area contributed by atoms with Gasteiger partial charge in [-0.25, -0.2) is 14.2 Å². The molecule has 1 unspecified atom stereocenters. The Morgan fingerprint density at radius 2 is 1.80 bits per heavy atom. The molecule has 40 heavy (non-hydrogen) atoms. The van der Waals surface area contributed by atoms with E-state index in [1.54, 1.807) is 12.1 Å². The van der Waals surface area contributed by atoms with E-state index >= 15 is 0 Å². The smallest absolute Gasteiger partial charge is 0.416 e. The minimum Gasteiger partial charge on any atom is -0.456 e. The largest absolute Gasteiger partial charge is 0.456 e. The highest BCUT2D eigenvalue weighted by molar-refractivity contribution is 5.89. The summed E-state index contributed by atoms with van der Waals surface area (Å²) >= 11 is 0. The molecule has 1 aromatic heterocycles. The van der Waals surface area contributed by atoms with Crippen LogP contribution < -0.4 is 10.2 Å². The molecule has 1 atom stereocenters. The Morgan fingerprint density at radius 1 is 1.05 bits per heavy atom. The number of hydrogen-bond donors (Lipinski definition) is 1. The number of anilines is 3. The topological polar surface area (TPSA) is 67.3 Å². The fourth-order valence-electron chi connectivity index (χ4n) is 4.79. The molecule has 2 heterocycles. The third-order valence-corrected chi connectivity index (χ3v) is 6.95. The molecule has 1 N–H and O–H groups in total. The molecule has 0 bridgehead atoms. The van der Waals surface area contributed by atoms with Gasteiger partial charge in [0.25, 0.3) is 0 Å². The van der Waals surface area contributed by atoms with Gasteiger partial charge in [0, 0.05) is 17.8 Å². The Bertz CT molecular complexity index is 1540. The van der Waals surface area contributed by atoms with Crippen molar-refractivity contribution in [1.29, 1.82) is 0 Å². The van der Waals surface area contributed by atoms with Crippen LogP contribution in [-0.2, 0) is 23.9 Å². The number of carbonyl (C=O) groups excluding carboxylic acids is 1. The number of halogens is 4. The Hall–Kier alpha value is -4.47. The van der Waals surface area contributed by atoms with Crippen LogP contribution in [0.5, 0.6) is 0 Å². The number of esters is 1. The van der Waals surface area contributed by atoms with E-state index in [0.717, 1.165) is 24.6 Å². The summed E-state index contributed by atoms with van der Waals surface area (Å²) in [6, 6.07) is 18.0. The van der Waals surface area contributed by atoms with Crippen molar-refractivity contribution in [2.45, 2.75) is 39.1 Å². The van der Waals surface area contributed by atoms with Gasteiger partial charge >= 0.3 is 12.1 Å². The van der Waals surface area contributed by atoms with Gasteiger partial charge in [-0.1, -0.05) is 30.3 Å². The number of aromatic nitrogens is 2. The van der Waals surface area contributed by atoms with Gasteiger partial charge in [0.05, 0.1) is 22.9 Å². The first-order valence-corrected chi connectivity index (χ1v) is 12.7. The third-order valence-electron chi connectivity index (χ3n) is 6.95. The first-order chi connectivity index (χ1) is 19.1. The van der Waals surface area contributed by atoms with Gasteiger partial charge in [-0.15, -0.1) is 0 Å². The van der Waals surface area contributed by atoms with Crippen LogP contribution in [0.15, 0.2) is 72.8 Å². The maximum absolute atomic E-state index is 13.4. The van der Waals surface area contributed by atoms with Gasteiger partial charge in [-0.2, -0.15) is 18.2 Å². The zero-order valence-electron chi connectivity index (χ0n) is 21.8. The lowest BCUT2D eigenvalue weighted by atomic mass is 9.93. The minimum absolute atomic E-state index is 0.00210. The van der Waals surface area contributed by atoms with Crippen molar-refractivity contribution in [1.82, 2.24) is 9.97 Å². The number of nitrogens with one attached hydrogen (secondary N) is 1. The van der Waals surface area contributed by atoms with Crippen molar-refractivity contribution >= 4 is 23.4 Å². The number of fused-ring (bicyclic) bond motifs is 1. The quantitative estimate of drug-likeness (QED) is 0.203. The van der Waals surface area contributed by atoms with Crippen molar-refractivity contribution in [3.63, 3.8) is 0 Å². The predicted octanol–water partition coefficient (Wildman–Crippen LogP) is 7.17. The van der Waals surface area contributed by atoms with Gasteiger partial charge in [0.15, 0.2) is 0 Å². The highest BCUT2D eigenvalue weighted by Crippen LogP contribution is 2.36. The van der Waals surface area contributed by atoms with Crippen LogP contribution in [0.25, 0.3) is 0 Å². The van der Waals surface area contributed by atoms with Crippen molar-refractivity contribution in [3.8, 4) is 0 Å². The zero-order valence-corrected chi connectivity index (χ0v) is 21.8. The van der Waals surface area contributed by atoms with Gasteiger partial charge in [0.2, 0.25) is 5.95 Å². The number of nitrogens with zero attached hydrogens (tertiary/aromatic N) is 3. The Labute approximate surface area is 228 Å². The lowest BCUT2D eigenvalue weighted by molar-refractivity contribution is -0.137. The molecule has 1 aliphatic rings. The van der Waals surface area contributed by atoms with Crippen LogP contribution in [0.4, 0.5) is 35.0 Å². The number of carbonyl (C=O) groups is 1. The Morgan fingerprint density at radius 3 is 2.55 bits per heavy atom. The summed E-state index contributed by atoms with van der Waals surface area (Å²) in [5.74, 6) is -0.451. The SMILES string of the molecule is Cc1c(COC(=O)c2cccc(C(F)(F)F)c2)nc(Nc2ccc(F)cc2)nc1N1CCc2ccccc2C1C. The maximum Gasteiger partial charge on any atom is 0.416 e. The molecule has 0 spiro atoms. The summed E-state index contributed by atoms with van der Waals surface area (Å²) < 4.78 is 58.2. The lowest BCUT2D eigenvalue weighted by Gasteiger charge is -2.37. The van der Waals surface area contributed by atoms with Crippen molar-refractivity contribution in [2.24, 2.45) is 0 Å². The number of hydrogen-bond acceptors (Lipinski definition) is 6. The summed E-state index contributed by atoms with van der Waals surface area (Å²) in [6.45, 7) is 4.31. The molecule has 5 rings (SSSR count). The van der Waals surface area contributed by atoms with E-state index in [9.17, 15) is 22.4 Å². The average molecular weight is 551 g/mol. The summed E-state index contributed by atoms with van der Waals surface area (Å²) in [5.41, 5.74) is 2.91. The van der Waals surface area contributed by atoms with Crippen LogP contribution in [0.3, 0.4) is 0 Å². The molecule has 6 nitrogen and oxygen atoms in total. The van der Waals surface area contributed by atoms with Crippen LogP contribution in [-0.4, -0.2) is 22.5 Å². The number of alkyl halides is 3. The first-order valence-electron chi connectivity index (χ1n) is 12.7. The third kappa shape index (κ3) is 5.75. The second kappa shape index (κ2) is 11.0.